The summed E-state index contributed by atoms with van der Waals surface area (Å²) in [6, 6.07) is 10.2. The first-order valence-corrected chi connectivity index (χ1v) is 5.86. The highest BCUT2D eigenvalue weighted by atomic mass is 16.5. The zero-order chi connectivity index (χ0) is 13.8. The number of aromatic nitrogens is 1. The molecule has 1 atom stereocenters. The smallest absolute Gasteiger partial charge is 0.252 e. The van der Waals surface area contributed by atoms with Crippen molar-refractivity contribution in [2.75, 3.05) is 0 Å². The van der Waals surface area contributed by atoms with Crippen LogP contribution in [-0.2, 0) is 0 Å². The summed E-state index contributed by atoms with van der Waals surface area (Å²) < 4.78 is 5.55. The molecule has 0 fully saturated rings. The third kappa shape index (κ3) is 3.08. The summed E-state index contributed by atoms with van der Waals surface area (Å²) in [4.78, 5) is 15.4. The van der Waals surface area contributed by atoms with E-state index in [2.05, 4.69) is 4.98 Å². The number of para-hydroxylation sites is 1. The van der Waals surface area contributed by atoms with E-state index in [1.807, 2.05) is 13.0 Å². The van der Waals surface area contributed by atoms with Crippen LogP contribution in [0.15, 0.2) is 42.6 Å². The van der Waals surface area contributed by atoms with Crippen molar-refractivity contribution in [2.45, 2.75) is 13.0 Å². The molecule has 1 amide bonds. The summed E-state index contributed by atoms with van der Waals surface area (Å²) in [6.07, 6.45) is 1.65. The van der Waals surface area contributed by atoms with Crippen LogP contribution >= 0.6 is 0 Å². The molecule has 5 heteroatoms. The first-order valence-electron chi connectivity index (χ1n) is 5.86. The summed E-state index contributed by atoms with van der Waals surface area (Å²) in [7, 11) is 0. The molecule has 5 nitrogen and oxygen atoms in total. The van der Waals surface area contributed by atoms with Gasteiger partial charge in [-0.3, -0.25) is 4.79 Å². The van der Waals surface area contributed by atoms with E-state index >= 15 is 0 Å². The minimum atomic E-state index is -0.539. The zero-order valence-corrected chi connectivity index (χ0v) is 10.5. The summed E-state index contributed by atoms with van der Waals surface area (Å²) in [6.45, 7) is 1.87. The molecule has 2 rings (SSSR count). The number of primary amides is 1. The Labute approximate surface area is 111 Å². The fourth-order valence-corrected chi connectivity index (χ4v) is 1.59. The van der Waals surface area contributed by atoms with Crippen LogP contribution in [0, 0.1) is 0 Å². The molecular formula is C14H15N3O2. The maximum atomic E-state index is 11.3. The quantitative estimate of drug-likeness (QED) is 0.876. The SMILES string of the molecule is C[C@H](N)c1ccc(Oc2ccccc2C(N)=O)nc1. The van der Waals surface area contributed by atoms with Gasteiger partial charge in [-0.1, -0.05) is 18.2 Å². The van der Waals surface area contributed by atoms with Crippen LogP contribution < -0.4 is 16.2 Å². The lowest BCUT2D eigenvalue weighted by Crippen LogP contribution is -2.12. The van der Waals surface area contributed by atoms with Gasteiger partial charge >= 0.3 is 0 Å². The maximum Gasteiger partial charge on any atom is 0.252 e. The van der Waals surface area contributed by atoms with E-state index < -0.39 is 5.91 Å². The van der Waals surface area contributed by atoms with E-state index in [0.29, 0.717) is 17.2 Å². The third-order valence-electron chi connectivity index (χ3n) is 2.65. The number of carbonyl (C=O) groups excluding carboxylic acids is 1. The van der Waals surface area contributed by atoms with Gasteiger partial charge in [-0.25, -0.2) is 4.98 Å². The normalized spacial score (nSPS) is 11.9. The number of hydrogen-bond acceptors (Lipinski definition) is 4. The van der Waals surface area contributed by atoms with Gasteiger partial charge in [0.15, 0.2) is 0 Å². The van der Waals surface area contributed by atoms with E-state index in [1.54, 1.807) is 36.5 Å². The lowest BCUT2D eigenvalue weighted by molar-refractivity contribution is 0.0998. The molecule has 1 heterocycles. The van der Waals surface area contributed by atoms with Crippen LogP contribution in [0.4, 0.5) is 0 Å². The van der Waals surface area contributed by atoms with Gasteiger partial charge in [-0.05, 0) is 24.6 Å². The Bertz CT molecular complexity index is 579. The van der Waals surface area contributed by atoms with Crippen molar-refractivity contribution in [3.63, 3.8) is 0 Å². The van der Waals surface area contributed by atoms with Gasteiger partial charge in [0, 0.05) is 18.3 Å². The van der Waals surface area contributed by atoms with Crippen LogP contribution in [0.3, 0.4) is 0 Å². The predicted molar refractivity (Wildman–Crippen MR) is 71.9 cm³/mol. The number of ether oxygens (including phenoxy) is 1. The molecule has 0 saturated carbocycles. The molecule has 0 bridgehead atoms. The molecule has 0 aliphatic carbocycles. The fourth-order valence-electron chi connectivity index (χ4n) is 1.59. The highest BCUT2D eigenvalue weighted by molar-refractivity contribution is 5.95. The Morgan fingerprint density at radius 1 is 1.26 bits per heavy atom. The standard InChI is InChI=1S/C14H15N3O2/c1-9(15)10-6-7-13(17-8-10)19-12-5-3-2-4-11(12)14(16)18/h2-9H,15H2,1H3,(H2,16,18)/t9-/m0/s1. The number of pyridine rings is 1. The average molecular weight is 257 g/mol. The summed E-state index contributed by atoms with van der Waals surface area (Å²) >= 11 is 0. The Hall–Kier alpha value is -2.40. The van der Waals surface area contributed by atoms with Crippen LogP contribution in [0.1, 0.15) is 28.9 Å². The summed E-state index contributed by atoms with van der Waals surface area (Å²) in [5.74, 6) is 0.233. The van der Waals surface area contributed by atoms with E-state index in [1.165, 1.54) is 0 Å². The van der Waals surface area contributed by atoms with Gasteiger partial charge in [0.05, 0.1) is 5.56 Å². The topological polar surface area (TPSA) is 91.2 Å². The van der Waals surface area contributed by atoms with Crippen LogP contribution in [0.25, 0.3) is 0 Å². The molecule has 0 spiro atoms. The molecule has 1 aromatic heterocycles. The molecular weight excluding hydrogens is 242 g/mol. The zero-order valence-electron chi connectivity index (χ0n) is 10.5. The number of amides is 1. The van der Waals surface area contributed by atoms with Crippen molar-refractivity contribution < 1.29 is 9.53 Å². The highest BCUT2D eigenvalue weighted by Gasteiger charge is 2.10. The Morgan fingerprint density at radius 3 is 2.58 bits per heavy atom. The van der Waals surface area contributed by atoms with E-state index in [9.17, 15) is 4.79 Å². The van der Waals surface area contributed by atoms with Gasteiger partial charge in [0.2, 0.25) is 5.88 Å². The first-order chi connectivity index (χ1) is 9.08. The van der Waals surface area contributed by atoms with Crippen molar-refractivity contribution in [3.8, 4) is 11.6 Å². The molecule has 0 aliphatic rings. The van der Waals surface area contributed by atoms with Gasteiger partial charge in [0.1, 0.15) is 5.75 Å². The number of nitrogens with two attached hydrogens (primary N) is 2. The van der Waals surface area contributed by atoms with Crippen LogP contribution in [0.5, 0.6) is 11.6 Å². The maximum absolute atomic E-state index is 11.3. The monoisotopic (exact) mass is 257 g/mol. The second kappa shape index (κ2) is 5.49. The van der Waals surface area contributed by atoms with Gasteiger partial charge in [0.25, 0.3) is 5.91 Å². The first kappa shape index (κ1) is 13.0. The molecule has 0 unspecified atom stereocenters. The number of hydrogen-bond donors (Lipinski definition) is 2. The van der Waals surface area contributed by atoms with Gasteiger partial charge in [-0.2, -0.15) is 0 Å². The molecule has 0 aliphatic heterocycles. The van der Waals surface area contributed by atoms with E-state index in [-0.39, 0.29) is 6.04 Å². The number of rotatable bonds is 4. The predicted octanol–water partition coefficient (Wildman–Crippen LogP) is 1.99. The molecule has 2 aromatic rings. The molecule has 19 heavy (non-hydrogen) atoms. The molecule has 0 saturated heterocycles. The van der Waals surface area contributed by atoms with Crippen molar-refractivity contribution >= 4 is 5.91 Å². The fraction of sp³-hybridized carbons (Fsp3) is 0.143. The second-order valence-electron chi connectivity index (χ2n) is 4.18. The average Bonchev–Trinajstić information content (AvgIpc) is 2.39. The van der Waals surface area contributed by atoms with Crippen molar-refractivity contribution in [2.24, 2.45) is 11.5 Å². The second-order valence-corrected chi connectivity index (χ2v) is 4.18. The Balaban J connectivity index is 2.24. The molecule has 98 valence electrons. The lowest BCUT2D eigenvalue weighted by Gasteiger charge is -2.09. The van der Waals surface area contributed by atoms with Crippen LogP contribution in [0.2, 0.25) is 0 Å². The van der Waals surface area contributed by atoms with Crippen molar-refractivity contribution in [3.05, 3.63) is 53.7 Å². The highest BCUT2D eigenvalue weighted by Crippen LogP contribution is 2.24. The Kier molecular flexibility index (Phi) is 3.77. The van der Waals surface area contributed by atoms with Crippen molar-refractivity contribution in [1.29, 1.82) is 0 Å². The minimum absolute atomic E-state index is 0.0838. The number of carbonyl (C=O) groups is 1. The molecule has 4 N–H and O–H groups in total. The van der Waals surface area contributed by atoms with Crippen molar-refractivity contribution in [1.82, 2.24) is 4.98 Å². The van der Waals surface area contributed by atoms with Gasteiger partial charge < -0.3 is 16.2 Å². The third-order valence-corrected chi connectivity index (χ3v) is 2.65. The van der Waals surface area contributed by atoms with E-state index in [0.717, 1.165) is 5.56 Å². The summed E-state index contributed by atoms with van der Waals surface area (Å²) in [5, 5.41) is 0. The summed E-state index contributed by atoms with van der Waals surface area (Å²) in [5.41, 5.74) is 12.2. The number of nitrogens with zero attached hydrogens (tertiary/aromatic N) is 1. The van der Waals surface area contributed by atoms with Crippen LogP contribution in [-0.4, -0.2) is 10.9 Å². The number of benzene rings is 1. The Morgan fingerprint density at radius 2 is 2.00 bits per heavy atom. The molecule has 0 radical (unpaired) electrons. The largest absolute Gasteiger partial charge is 0.438 e. The molecule has 1 aromatic carbocycles. The lowest BCUT2D eigenvalue weighted by atomic mass is 10.1. The van der Waals surface area contributed by atoms with Gasteiger partial charge in [-0.15, -0.1) is 0 Å². The minimum Gasteiger partial charge on any atom is -0.438 e. The van der Waals surface area contributed by atoms with E-state index in [4.69, 9.17) is 16.2 Å².